The zero-order chi connectivity index (χ0) is 14.4. The molecule has 0 saturated carbocycles. The molecule has 7 heteroatoms. The number of carbonyl (C=O) groups is 1. The van der Waals surface area contributed by atoms with Crippen molar-refractivity contribution in [3.63, 3.8) is 0 Å². The van der Waals surface area contributed by atoms with Crippen LogP contribution in [0.4, 0.5) is 0 Å². The van der Waals surface area contributed by atoms with Crippen LogP contribution in [0.1, 0.15) is 25.6 Å². The molecule has 1 fully saturated rings. The Hall–Kier alpha value is -1.08. The summed E-state index contributed by atoms with van der Waals surface area (Å²) in [6, 6.07) is 0. The van der Waals surface area contributed by atoms with Gasteiger partial charge in [0.05, 0.1) is 12.4 Å². The third-order valence-corrected chi connectivity index (χ3v) is 4.07. The Labute approximate surface area is 123 Å². The zero-order valence-electron chi connectivity index (χ0n) is 12.1. The lowest BCUT2D eigenvalue weighted by molar-refractivity contribution is -0.127. The van der Waals surface area contributed by atoms with Gasteiger partial charge in [0.1, 0.15) is 5.82 Å². The van der Waals surface area contributed by atoms with E-state index in [4.69, 9.17) is 4.74 Å². The van der Waals surface area contributed by atoms with Crippen molar-refractivity contribution in [2.45, 2.75) is 31.8 Å². The van der Waals surface area contributed by atoms with Gasteiger partial charge < -0.3 is 9.64 Å². The van der Waals surface area contributed by atoms with Crippen molar-refractivity contribution in [3.05, 3.63) is 5.82 Å². The van der Waals surface area contributed by atoms with E-state index >= 15 is 0 Å². The van der Waals surface area contributed by atoms with Gasteiger partial charge >= 0.3 is 0 Å². The Bertz CT molecular complexity index is 438. The predicted octanol–water partition coefficient (Wildman–Crippen LogP) is 1.48. The highest BCUT2D eigenvalue weighted by atomic mass is 32.2. The quantitative estimate of drug-likeness (QED) is 0.610. The number of thioether (sulfide) groups is 1. The predicted molar refractivity (Wildman–Crippen MR) is 77.6 cm³/mol. The lowest BCUT2D eigenvalue weighted by atomic mass is 10.1. The number of rotatable bonds is 7. The first-order valence-corrected chi connectivity index (χ1v) is 8.05. The first kappa shape index (κ1) is 15.3. The first-order valence-electron chi connectivity index (χ1n) is 7.06. The second-order valence-electron chi connectivity index (χ2n) is 5.06. The lowest BCUT2D eigenvalue weighted by Gasteiger charge is -2.16. The molecule has 0 bridgehead atoms. The molecule has 2 heterocycles. The highest BCUT2D eigenvalue weighted by Crippen LogP contribution is 2.19. The third-order valence-electron chi connectivity index (χ3n) is 3.24. The van der Waals surface area contributed by atoms with Gasteiger partial charge in [0.15, 0.2) is 0 Å². The van der Waals surface area contributed by atoms with Crippen molar-refractivity contribution in [1.82, 2.24) is 20.1 Å². The second kappa shape index (κ2) is 7.64. The van der Waals surface area contributed by atoms with E-state index in [2.05, 4.69) is 22.1 Å². The van der Waals surface area contributed by atoms with Gasteiger partial charge in [-0.05, 0) is 19.8 Å². The fraction of sp³-hybridized carbons (Fsp3) is 0.769. The normalized spacial score (nSPS) is 18.7. The average molecular weight is 298 g/mol. The van der Waals surface area contributed by atoms with Crippen LogP contribution in [0.2, 0.25) is 0 Å². The molecule has 0 unspecified atom stereocenters. The molecule has 1 N–H and O–H groups in total. The van der Waals surface area contributed by atoms with E-state index < -0.39 is 0 Å². The summed E-state index contributed by atoms with van der Waals surface area (Å²) >= 11 is 1.38. The van der Waals surface area contributed by atoms with E-state index in [1.807, 2.05) is 11.8 Å². The average Bonchev–Trinajstić information content (AvgIpc) is 3.06. The van der Waals surface area contributed by atoms with Crippen molar-refractivity contribution in [1.29, 1.82) is 0 Å². The lowest BCUT2D eigenvalue weighted by Crippen LogP contribution is -2.30. The summed E-state index contributed by atoms with van der Waals surface area (Å²) in [5.74, 6) is 1.82. The molecule has 0 aliphatic carbocycles. The summed E-state index contributed by atoms with van der Waals surface area (Å²) in [6.45, 7) is 7.19. The Kier molecular flexibility index (Phi) is 5.85. The van der Waals surface area contributed by atoms with Crippen LogP contribution in [-0.4, -0.2) is 58.0 Å². The van der Waals surface area contributed by atoms with Gasteiger partial charge in [0, 0.05) is 25.6 Å². The maximum Gasteiger partial charge on any atom is 0.233 e. The molecule has 6 nitrogen and oxygen atoms in total. The number of hydrogen-bond acceptors (Lipinski definition) is 5. The Balaban J connectivity index is 1.68. The highest BCUT2D eigenvalue weighted by molar-refractivity contribution is 7.99. The van der Waals surface area contributed by atoms with Crippen LogP contribution in [0.3, 0.4) is 0 Å². The van der Waals surface area contributed by atoms with Crippen LogP contribution in [0.15, 0.2) is 5.16 Å². The minimum atomic E-state index is 0.162. The van der Waals surface area contributed by atoms with Gasteiger partial charge in [-0.25, -0.2) is 4.98 Å². The molecular formula is C13H22N4O2S. The standard InChI is InChI=1S/C13H22N4O2S/c1-3-6-19-8-11-4-5-17(7-11)12(18)9-20-13-14-10(2)15-16-13/h11H,3-9H2,1-2H3,(H,14,15,16)/t11-/m0/s1. The molecule has 0 aromatic carbocycles. The number of carbonyl (C=O) groups excluding carboxylic acids is 1. The maximum absolute atomic E-state index is 12.1. The maximum atomic E-state index is 12.1. The van der Waals surface area contributed by atoms with Crippen LogP contribution in [-0.2, 0) is 9.53 Å². The third kappa shape index (κ3) is 4.49. The molecule has 1 aliphatic heterocycles. The number of nitrogens with zero attached hydrogens (tertiary/aromatic N) is 3. The van der Waals surface area contributed by atoms with Crippen LogP contribution in [0, 0.1) is 12.8 Å². The van der Waals surface area contributed by atoms with E-state index in [1.165, 1.54) is 11.8 Å². The van der Waals surface area contributed by atoms with Gasteiger partial charge in [0.25, 0.3) is 0 Å². The Morgan fingerprint density at radius 3 is 3.15 bits per heavy atom. The molecule has 1 amide bonds. The molecule has 0 spiro atoms. The molecule has 1 atom stereocenters. The fourth-order valence-electron chi connectivity index (χ4n) is 2.19. The minimum absolute atomic E-state index is 0.162. The number of aryl methyl sites for hydroxylation is 1. The van der Waals surface area contributed by atoms with Crippen molar-refractivity contribution < 1.29 is 9.53 Å². The Morgan fingerprint density at radius 2 is 2.45 bits per heavy atom. The minimum Gasteiger partial charge on any atom is -0.381 e. The van der Waals surface area contributed by atoms with Crippen LogP contribution >= 0.6 is 11.8 Å². The first-order chi connectivity index (χ1) is 9.69. The number of likely N-dealkylation sites (tertiary alicyclic amines) is 1. The van der Waals surface area contributed by atoms with Gasteiger partial charge in [-0.2, -0.15) is 0 Å². The van der Waals surface area contributed by atoms with E-state index in [9.17, 15) is 4.79 Å². The summed E-state index contributed by atoms with van der Waals surface area (Å²) in [6.07, 6.45) is 2.09. The van der Waals surface area contributed by atoms with Crippen molar-refractivity contribution in [2.75, 3.05) is 32.1 Å². The van der Waals surface area contributed by atoms with Crippen LogP contribution in [0.5, 0.6) is 0 Å². The molecule has 1 aromatic rings. The largest absolute Gasteiger partial charge is 0.381 e. The monoisotopic (exact) mass is 298 g/mol. The van der Waals surface area contributed by atoms with Crippen molar-refractivity contribution in [3.8, 4) is 0 Å². The highest BCUT2D eigenvalue weighted by Gasteiger charge is 2.26. The van der Waals surface area contributed by atoms with Gasteiger partial charge in [0.2, 0.25) is 11.1 Å². The topological polar surface area (TPSA) is 71.1 Å². The van der Waals surface area contributed by atoms with E-state index in [-0.39, 0.29) is 5.91 Å². The number of aromatic amines is 1. The van der Waals surface area contributed by atoms with Crippen molar-refractivity contribution >= 4 is 17.7 Å². The van der Waals surface area contributed by atoms with E-state index in [1.54, 1.807) is 0 Å². The van der Waals surface area contributed by atoms with Gasteiger partial charge in [-0.3, -0.25) is 9.89 Å². The summed E-state index contributed by atoms with van der Waals surface area (Å²) in [4.78, 5) is 18.2. The molecule has 2 rings (SSSR count). The molecule has 1 saturated heterocycles. The van der Waals surface area contributed by atoms with Crippen LogP contribution < -0.4 is 0 Å². The van der Waals surface area contributed by atoms with E-state index in [0.717, 1.165) is 45.0 Å². The number of amides is 1. The molecule has 112 valence electrons. The Morgan fingerprint density at radius 1 is 1.60 bits per heavy atom. The molecule has 0 radical (unpaired) electrons. The zero-order valence-corrected chi connectivity index (χ0v) is 12.9. The summed E-state index contributed by atoms with van der Waals surface area (Å²) in [5, 5.41) is 7.43. The number of H-pyrrole nitrogens is 1. The van der Waals surface area contributed by atoms with Gasteiger partial charge in [-0.15, -0.1) is 5.10 Å². The number of nitrogens with one attached hydrogen (secondary N) is 1. The fourth-order valence-corrected chi connectivity index (χ4v) is 2.94. The van der Waals surface area contributed by atoms with E-state index in [0.29, 0.717) is 16.8 Å². The summed E-state index contributed by atoms with van der Waals surface area (Å²) < 4.78 is 5.56. The number of hydrogen-bond donors (Lipinski definition) is 1. The molecule has 1 aliphatic rings. The summed E-state index contributed by atoms with van der Waals surface area (Å²) in [7, 11) is 0. The smallest absolute Gasteiger partial charge is 0.233 e. The van der Waals surface area contributed by atoms with Gasteiger partial charge in [-0.1, -0.05) is 18.7 Å². The number of aromatic nitrogens is 3. The number of ether oxygens (including phenoxy) is 1. The molecular weight excluding hydrogens is 276 g/mol. The van der Waals surface area contributed by atoms with Crippen LogP contribution in [0.25, 0.3) is 0 Å². The second-order valence-corrected chi connectivity index (χ2v) is 6.00. The SMILES string of the molecule is CCCOC[C@H]1CCN(C(=O)CSc2n[nH]c(C)n2)C1. The molecule has 20 heavy (non-hydrogen) atoms. The summed E-state index contributed by atoms with van der Waals surface area (Å²) in [5.41, 5.74) is 0. The molecule has 1 aromatic heterocycles. The van der Waals surface area contributed by atoms with Crippen molar-refractivity contribution in [2.24, 2.45) is 5.92 Å².